The molecule has 1 saturated heterocycles. The van der Waals surface area contributed by atoms with Gasteiger partial charge in [-0.15, -0.1) is 0 Å². The first-order chi connectivity index (χ1) is 30.9. The van der Waals surface area contributed by atoms with Gasteiger partial charge in [0, 0.05) is 72.9 Å². The molecular formula is C49H55FN10O5. The summed E-state index contributed by atoms with van der Waals surface area (Å²) in [6.45, 7) is 14.2. The third kappa shape index (κ3) is 6.96. The highest BCUT2D eigenvalue weighted by molar-refractivity contribution is 6.05. The molecular weight excluding hydrogens is 828 g/mol. The normalized spacial score (nSPS) is 21.2. The topological polar surface area (TPSA) is 188 Å². The number of carbonyl (C=O) groups is 2. The molecule has 65 heavy (non-hydrogen) atoms. The molecule has 6 aromatic rings. The van der Waals surface area contributed by atoms with Crippen LogP contribution in [0.2, 0.25) is 0 Å². The van der Waals surface area contributed by atoms with E-state index in [1.54, 1.807) is 55.0 Å². The first-order valence-electron chi connectivity index (χ1n) is 22.1. The smallest absolute Gasteiger partial charge is 0.410 e. The molecule has 0 unspecified atom stereocenters. The van der Waals surface area contributed by atoms with Crippen molar-refractivity contribution in [3.63, 3.8) is 0 Å². The minimum atomic E-state index is -1.35. The molecule has 16 heteroatoms. The van der Waals surface area contributed by atoms with Gasteiger partial charge < -0.3 is 30.0 Å². The van der Waals surface area contributed by atoms with Gasteiger partial charge in [0.15, 0.2) is 0 Å². The van der Waals surface area contributed by atoms with Crippen LogP contribution in [-0.4, -0.2) is 83.3 Å². The van der Waals surface area contributed by atoms with Crippen LogP contribution >= 0.6 is 0 Å². The minimum absolute atomic E-state index is 0.151. The van der Waals surface area contributed by atoms with E-state index in [1.807, 2.05) is 49.6 Å². The molecule has 1 aliphatic carbocycles. The molecule has 0 bridgehead atoms. The van der Waals surface area contributed by atoms with E-state index < -0.39 is 23.4 Å². The van der Waals surface area contributed by atoms with Crippen molar-refractivity contribution < 1.29 is 23.8 Å². The number of carboxylic acid groups (broad SMARTS) is 1. The Kier molecular flexibility index (Phi) is 10.5. The van der Waals surface area contributed by atoms with Crippen LogP contribution in [0.4, 0.5) is 14.9 Å². The van der Waals surface area contributed by atoms with Crippen LogP contribution < -0.4 is 16.3 Å². The Bertz CT molecular complexity index is 3020. The molecule has 5 N–H and O–H groups in total. The van der Waals surface area contributed by atoms with E-state index in [2.05, 4.69) is 36.6 Å². The zero-order valence-corrected chi connectivity index (χ0v) is 38.0. The summed E-state index contributed by atoms with van der Waals surface area (Å²) in [4.78, 5) is 44.0. The molecule has 2 aliphatic heterocycles. The van der Waals surface area contributed by atoms with Crippen LogP contribution in [0.5, 0.6) is 0 Å². The fourth-order valence-electron chi connectivity index (χ4n) is 10.6. The number of anilines is 1. The van der Waals surface area contributed by atoms with E-state index in [0.717, 1.165) is 40.6 Å². The Morgan fingerprint density at radius 2 is 1.72 bits per heavy atom. The van der Waals surface area contributed by atoms with Crippen LogP contribution in [0, 0.1) is 43.3 Å². The average Bonchev–Trinajstić information content (AvgIpc) is 3.53. The molecule has 0 spiro atoms. The van der Waals surface area contributed by atoms with E-state index in [1.165, 1.54) is 15.3 Å². The van der Waals surface area contributed by atoms with E-state index >= 15 is 9.18 Å². The first-order valence-corrected chi connectivity index (χ1v) is 22.1. The van der Waals surface area contributed by atoms with Crippen molar-refractivity contribution in [2.45, 2.75) is 97.2 Å². The van der Waals surface area contributed by atoms with E-state index in [4.69, 9.17) is 20.7 Å². The largest absolute Gasteiger partial charge is 0.465 e. The van der Waals surface area contributed by atoms with Crippen molar-refractivity contribution in [1.82, 2.24) is 33.7 Å². The molecule has 0 radical (unpaired) electrons. The summed E-state index contributed by atoms with van der Waals surface area (Å²) in [6.07, 6.45) is 5.73. The number of ether oxygens (including phenoxy) is 1. The van der Waals surface area contributed by atoms with Gasteiger partial charge in [0.2, 0.25) is 0 Å². The summed E-state index contributed by atoms with van der Waals surface area (Å²) < 4.78 is 27.7. The Morgan fingerprint density at radius 3 is 2.37 bits per heavy atom. The van der Waals surface area contributed by atoms with Crippen molar-refractivity contribution in [2.24, 2.45) is 5.92 Å². The van der Waals surface area contributed by atoms with Crippen molar-refractivity contribution in [3.8, 4) is 17.2 Å². The molecule has 3 aliphatic rings. The second kappa shape index (κ2) is 15.7. The van der Waals surface area contributed by atoms with E-state index in [9.17, 15) is 14.7 Å². The van der Waals surface area contributed by atoms with Crippen molar-refractivity contribution >= 4 is 40.6 Å². The number of hydrogen-bond donors (Lipinski definition) is 5. The standard InChI is InChI=1S/C49H55FN10O5/c1-26-19-34(20-27(2)42(26)50)60-43(58-17-16-57(47(58)64)38-12-10-36(53-8)35(25-51)29(38)4)41-30(5)56(15-13-37(41)55-60)44(61)40-22-33-21-31(32-14-18-65-48(6,7)24-32)9-11-39(33)59(40)49(23-28(49)3)45(52)54-46(62)63/h9-12,16-17,19-22,25,28,30,32,51,53H,13-15,18,23-24H2,1-8H3,(H2,52,54)(H,62,63)/t28-,30-,32-,49-/m0/s1. The number of hydrogen-bond acceptors (Lipinski definition) is 8. The predicted molar refractivity (Wildman–Crippen MR) is 248 cm³/mol. The fraction of sp³-hybridized carbons (Fsp3) is 0.388. The summed E-state index contributed by atoms with van der Waals surface area (Å²) in [5.74, 6) is -0.359. The van der Waals surface area contributed by atoms with Gasteiger partial charge >= 0.3 is 11.8 Å². The third-order valence-electron chi connectivity index (χ3n) is 14.1. The van der Waals surface area contributed by atoms with E-state index in [-0.39, 0.29) is 41.5 Å². The van der Waals surface area contributed by atoms with Gasteiger partial charge in [-0.2, -0.15) is 5.10 Å². The summed E-state index contributed by atoms with van der Waals surface area (Å²) in [7, 11) is 1.78. The number of halogens is 1. The third-order valence-corrected chi connectivity index (χ3v) is 14.1. The second-order valence-electron chi connectivity index (χ2n) is 18.6. The highest BCUT2D eigenvalue weighted by atomic mass is 19.1. The zero-order chi connectivity index (χ0) is 46.4. The lowest BCUT2D eigenvalue weighted by molar-refractivity contribution is -0.0592. The maximum Gasteiger partial charge on any atom is 0.410 e. The number of aryl methyl sites for hydroxylation is 2. The lowest BCUT2D eigenvalue weighted by atomic mass is 9.83. The van der Waals surface area contributed by atoms with Gasteiger partial charge in [-0.05, 0) is 137 Å². The average molecular weight is 883 g/mol. The highest BCUT2D eigenvalue weighted by Crippen LogP contribution is 2.53. The SMILES string of the molecule is CNc1ccc(-n2ccn(-c3c4c(nn3-c3cc(C)c(F)c(C)c3)CCN(C(=O)c3cc5cc([C@H]6CCOC(C)(C)C6)ccc5n3[C@@]3(C(=N)NC(=O)O)C[C@@H]3C)[C@H]4C)c2=O)c(C)c1C=N. The fourth-order valence-corrected chi connectivity index (χ4v) is 10.6. The summed E-state index contributed by atoms with van der Waals surface area (Å²) >= 11 is 0. The Morgan fingerprint density at radius 1 is 1.02 bits per heavy atom. The molecule has 2 fully saturated rings. The van der Waals surface area contributed by atoms with Crippen LogP contribution in [0.15, 0.2) is 65.7 Å². The van der Waals surface area contributed by atoms with Gasteiger partial charge in [-0.1, -0.05) is 13.0 Å². The number of rotatable bonds is 9. The maximum atomic E-state index is 15.5. The zero-order valence-electron chi connectivity index (χ0n) is 38.0. The number of aromatic nitrogens is 5. The van der Waals surface area contributed by atoms with E-state index in [0.29, 0.717) is 70.3 Å². The monoisotopic (exact) mass is 882 g/mol. The van der Waals surface area contributed by atoms with Crippen LogP contribution in [-0.2, 0) is 16.7 Å². The molecule has 338 valence electrons. The molecule has 5 heterocycles. The summed E-state index contributed by atoms with van der Waals surface area (Å²) in [6, 6.07) is 14.5. The molecule has 4 atom stereocenters. The molecule has 3 aromatic heterocycles. The lowest BCUT2D eigenvalue weighted by Gasteiger charge is -2.35. The number of carbonyl (C=O) groups excluding carboxylic acids is 1. The Hall–Kier alpha value is -6.81. The summed E-state index contributed by atoms with van der Waals surface area (Å²) in [5, 5.41) is 38.3. The summed E-state index contributed by atoms with van der Waals surface area (Å²) in [5.41, 5.74) is 5.79. The number of imidazole rings is 1. The van der Waals surface area contributed by atoms with Gasteiger partial charge in [-0.3, -0.25) is 24.7 Å². The van der Waals surface area contributed by atoms with Gasteiger partial charge in [-0.25, -0.2) is 18.7 Å². The number of benzene rings is 3. The molecule has 2 amide bonds. The van der Waals surface area contributed by atoms with Gasteiger partial charge in [0.25, 0.3) is 5.91 Å². The highest BCUT2D eigenvalue weighted by Gasteiger charge is 2.59. The van der Waals surface area contributed by atoms with Crippen LogP contribution in [0.3, 0.4) is 0 Å². The molecule has 9 rings (SSSR count). The van der Waals surface area contributed by atoms with Crippen molar-refractivity contribution in [1.29, 1.82) is 10.8 Å². The Balaban J connectivity index is 1.19. The number of amides is 2. The first kappa shape index (κ1) is 43.4. The van der Waals surface area contributed by atoms with Crippen LogP contribution in [0.25, 0.3) is 28.1 Å². The predicted octanol–water partition coefficient (Wildman–Crippen LogP) is 8.28. The molecule has 3 aromatic carbocycles. The maximum absolute atomic E-state index is 15.5. The molecule has 15 nitrogen and oxygen atoms in total. The number of fused-ring (bicyclic) bond motifs is 2. The number of nitrogens with zero attached hydrogens (tertiary/aromatic N) is 6. The number of nitrogens with one attached hydrogen (secondary N) is 4. The van der Waals surface area contributed by atoms with Gasteiger partial charge in [0.1, 0.15) is 28.7 Å². The van der Waals surface area contributed by atoms with Crippen molar-refractivity contribution in [2.75, 3.05) is 25.5 Å². The van der Waals surface area contributed by atoms with Gasteiger partial charge in [0.05, 0.1) is 28.7 Å². The minimum Gasteiger partial charge on any atom is -0.465 e. The number of amidine groups is 1. The lowest BCUT2D eigenvalue weighted by Crippen LogP contribution is -2.45. The molecule has 1 saturated carbocycles. The second-order valence-corrected chi connectivity index (χ2v) is 18.6. The van der Waals surface area contributed by atoms with Crippen molar-refractivity contribution in [3.05, 3.63) is 122 Å². The quantitative estimate of drug-likeness (QED) is 0.0714. The van der Waals surface area contributed by atoms with Crippen LogP contribution in [0.1, 0.15) is 108 Å². The Labute approximate surface area is 375 Å².